The fraction of sp³-hybridized carbons (Fsp3) is 0.211. The normalized spacial score (nSPS) is 17.3. The lowest BCUT2D eigenvalue weighted by Gasteiger charge is -2.25. The number of hydrogen-bond acceptors (Lipinski definition) is 5. The SMILES string of the molecule is C#CS/C(=C\CC1=C(c2cc(-c3cc4ccccc4s3)sc2-c2ccc(C(C)(C)C)s2)C(F)(F)C(F)(F)C1(F)F)c1cc2ccccc2s1. The van der Waals surface area contributed by atoms with Gasteiger partial charge in [0.05, 0.1) is 4.88 Å². The van der Waals surface area contributed by atoms with Gasteiger partial charge in [-0.15, -0.1) is 51.8 Å². The molecule has 7 rings (SSSR count). The number of thiophene rings is 4. The van der Waals surface area contributed by atoms with Crippen LogP contribution in [0.5, 0.6) is 0 Å². The minimum atomic E-state index is -5.65. The Labute approximate surface area is 299 Å². The molecule has 0 unspecified atom stereocenters. The molecule has 0 aliphatic heterocycles. The van der Waals surface area contributed by atoms with Gasteiger partial charge in [0.15, 0.2) is 0 Å². The number of halogens is 6. The highest BCUT2D eigenvalue weighted by atomic mass is 32.2. The molecule has 49 heavy (non-hydrogen) atoms. The molecule has 0 atom stereocenters. The van der Waals surface area contributed by atoms with Crippen molar-refractivity contribution >= 4 is 87.8 Å². The van der Waals surface area contributed by atoms with Crippen LogP contribution in [-0.4, -0.2) is 17.8 Å². The summed E-state index contributed by atoms with van der Waals surface area (Å²) in [4.78, 5) is 3.98. The van der Waals surface area contributed by atoms with Gasteiger partial charge in [-0.1, -0.05) is 63.2 Å². The molecule has 0 radical (unpaired) electrons. The average Bonchev–Trinajstić information content (AvgIpc) is 3.86. The monoisotopic (exact) mass is 756 g/mol. The Morgan fingerprint density at radius 3 is 2.00 bits per heavy atom. The van der Waals surface area contributed by atoms with E-state index in [-0.39, 0.29) is 15.9 Å². The van der Waals surface area contributed by atoms with Crippen LogP contribution in [0, 0.1) is 11.7 Å². The molecular weight excluding hydrogens is 731 g/mol. The van der Waals surface area contributed by atoms with E-state index in [2.05, 4.69) is 5.25 Å². The highest BCUT2D eigenvalue weighted by Gasteiger charge is 2.79. The molecule has 0 bridgehead atoms. The smallest absolute Gasteiger partial charge is 0.194 e. The topological polar surface area (TPSA) is 0 Å². The van der Waals surface area contributed by atoms with Crippen molar-refractivity contribution in [1.29, 1.82) is 0 Å². The van der Waals surface area contributed by atoms with Gasteiger partial charge >= 0.3 is 17.8 Å². The lowest BCUT2D eigenvalue weighted by Crippen LogP contribution is -2.49. The van der Waals surface area contributed by atoms with Gasteiger partial charge in [-0.05, 0) is 82.1 Å². The molecule has 1 aliphatic carbocycles. The number of rotatable bonds is 7. The Morgan fingerprint density at radius 2 is 1.39 bits per heavy atom. The zero-order valence-electron chi connectivity index (χ0n) is 26.2. The summed E-state index contributed by atoms with van der Waals surface area (Å²) in [7, 11) is 0. The summed E-state index contributed by atoms with van der Waals surface area (Å²) in [5, 5.41) is 4.24. The highest BCUT2D eigenvalue weighted by Crippen LogP contribution is 2.65. The van der Waals surface area contributed by atoms with Gasteiger partial charge in [0.25, 0.3) is 0 Å². The Hall–Kier alpha value is -3.27. The average molecular weight is 757 g/mol. The van der Waals surface area contributed by atoms with Crippen molar-refractivity contribution in [3.05, 3.63) is 106 Å². The predicted molar refractivity (Wildman–Crippen MR) is 200 cm³/mol. The Balaban J connectivity index is 1.45. The maximum atomic E-state index is 16.1. The molecule has 6 aromatic rings. The van der Waals surface area contributed by atoms with Crippen LogP contribution >= 0.6 is 57.1 Å². The second-order valence-corrected chi connectivity index (χ2v) is 17.8. The van der Waals surface area contributed by atoms with Gasteiger partial charge in [0.1, 0.15) is 0 Å². The molecular formula is C38H26F6S5. The Morgan fingerprint density at radius 1 is 0.755 bits per heavy atom. The quantitative estimate of drug-likeness (QED) is 0.115. The molecule has 1 aliphatic rings. The molecule has 0 amide bonds. The summed E-state index contributed by atoms with van der Waals surface area (Å²) in [6.07, 6.45) is 6.01. The first kappa shape index (κ1) is 34.2. The maximum absolute atomic E-state index is 16.1. The third-order valence-corrected chi connectivity index (χ3v) is 14.5. The zero-order chi connectivity index (χ0) is 34.9. The Kier molecular flexibility index (Phi) is 8.51. The van der Waals surface area contributed by atoms with Gasteiger partial charge < -0.3 is 0 Å². The summed E-state index contributed by atoms with van der Waals surface area (Å²) in [5.41, 5.74) is -3.23. The van der Waals surface area contributed by atoms with Crippen molar-refractivity contribution in [1.82, 2.24) is 0 Å². The first-order chi connectivity index (χ1) is 23.1. The summed E-state index contributed by atoms with van der Waals surface area (Å²) in [5.74, 6) is -15.9. The number of benzene rings is 2. The molecule has 0 saturated heterocycles. The summed E-state index contributed by atoms with van der Waals surface area (Å²) in [6.45, 7) is 6.01. The minimum absolute atomic E-state index is 0.250. The van der Waals surface area contributed by atoms with Crippen LogP contribution < -0.4 is 0 Å². The standard InChI is InChI=1S/C38H26F6S5/c1-5-45-27(29-18-21-10-6-8-12-25(21)46-29)15-14-24-33(37(41,42)38(43,44)36(24,39)40)23-20-31(30-19-22-11-7-9-13-26(22)47-30)49-34(23)28-16-17-32(48-28)35(2,3)4/h1,6-13,15-20H,14H2,2-4H3/b27-15-. The fourth-order valence-electron chi connectivity index (χ4n) is 5.85. The molecule has 0 fully saturated rings. The second-order valence-electron chi connectivity index (χ2n) is 12.6. The van der Waals surface area contributed by atoms with Gasteiger partial charge in [-0.2, -0.15) is 26.3 Å². The summed E-state index contributed by atoms with van der Waals surface area (Å²) < 4.78 is 96.5. The van der Waals surface area contributed by atoms with Crippen molar-refractivity contribution in [3.63, 3.8) is 0 Å². The van der Waals surface area contributed by atoms with Crippen LogP contribution in [0.2, 0.25) is 0 Å². The maximum Gasteiger partial charge on any atom is 0.380 e. The third-order valence-electron chi connectivity index (χ3n) is 8.35. The zero-order valence-corrected chi connectivity index (χ0v) is 30.3. The molecule has 4 heterocycles. The molecule has 2 aromatic carbocycles. The lowest BCUT2D eigenvalue weighted by atomic mass is 9.95. The Bertz CT molecular complexity index is 2260. The molecule has 0 nitrogen and oxygen atoms in total. The van der Waals surface area contributed by atoms with Gasteiger partial charge in [-0.3, -0.25) is 0 Å². The first-order valence-corrected chi connectivity index (χ1v) is 19.1. The van der Waals surface area contributed by atoms with E-state index in [4.69, 9.17) is 6.42 Å². The van der Waals surface area contributed by atoms with Crippen LogP contribution in [0.1, 0.15) is 42.5 Å². The molecule has 0 saturated carbocycles. The molecule has 11 heteroatoms. The van der Waals surface area contributed by atoms with E-state index in [0.717, 1.165) is 53.0 Å². The molecule has 0 N–H and O–H groups in total. The first-order valence-electron chi connectivity index (χ1n) is 15.1. The van der Waals surface area contributed by atoms with Crippen molar-refractivity contribution in [3.8, 4) is 31.2 Å². The van der Waals surface area contributed by atoms with Crippen LogP contribution in [0.4, 0.5) is 26.3 Å². The summed E-state index contributed by atoms with van der Waals surface area (Å²) in [6, 6.07) is 23.8. The number of terminal acetylenes is 1. The number of fused-ring (bicyclic) bond motifs is 2. The van der Waals surface area contributed by atoms with Crippen LogP contribution in [0.15, 0.2) is 90.5 Å². The van der Waals surface area contributed by atoms with Crippen molar-refractivity contribution in [2.45, 2.75) is 50.4 Å². The number of hydrogen-bond donors (Lipinski definition) is 0. The van der Waals surface area contributed by atoms with Crippen molar-refractivity contribution in [2.75, 3.05) is 0 Å². The number of allylic oxidation sites excluding steroid dienone is 3. The van der Waals surface area contributed by atoms with E-state index in [1.807, 2.05) is 87.5 Å². The van der Waals surface area contributed by atoms with E-state index in [1.54, 1.807) is 6.07 Å². The summed E-state index contributed by atoms with van der Waals surface area (Å²) >= 11 is 6.15. The van der Waals surface area contributed by atoms with E-state index in [1.165, 1.54) is 46.2 Å². The second kappa shape index (κ2) is 12.2. The fourth-order valence-corrected chi connectivity index (χ4v) is 11.0. The van der Waals surface area contributed by atoms with E-state index < -0.39 is 35.3 Å². The van der Waals surface area contributed by atoms with Gasteiger partial charge in [0.2, 0.25) is 0 Å². The van der Waals surface area contributed by atoms with E-state index in [9.17, 15) is 0 Å². The van der Waals surface area contributed by atoms with Crippen LogP contribution in [0.3, 0.4) is 0 Å². The molecule has 4 aromatic heterocycles. The number of alkyl halides is 6. The van der Waals surface area contributed by atoms with Gasteiger partial charge in [-0.25, -0.2) is 0 Å². The van der Waals surface area contributed by atoms with Crippen molar-refractivity contribution in [2.24, 2.45) is 0 Å². The highest BCUT2D eigenvalue weighted by molar-refractivity contribution is 8.12. The molecule has 250 valence electrons. The largest absolute Gasteiger partial charge is 0.380 e. The third kappa shape index (κ3) is 5.70. The predicted octanol–water partition coefficient (Wildman–Crippen LogP) is 14.3. The minimum Gasteiger partial charge on any atom is -0.194 e. The lowest BCUT2D eigenvalue weighted by molar-refractivity contribution is -0.260. The van der Waals surface area contributed by atoms with E-state index >= 15 is 26.3 Å². The van der Waals surface area contributed by atoms with Crippen molar-refractivity contribution < 1.29 is 26.3 Å². The number of thioether (sulfide) groups is 1. The van der Waals surface area contributed by atoms with E-state index in [0.29, 0.717) is 19.5 Å². The molecule has 0 spiro atoms. The van der Waals surface area contributed by atoms with Crippen LogP contribution in [-0.2, 0) is 5.41 Å². The van der Waals surface area contributed by atoms with Crippen LogP contribution in [0.25, 0.3) is 50.2 Å². The van der Waals surface area contributed by atoms with Gasteiger partial charge in [0, 0.05) is 55.4 Å².